The molecule has 3 rings (SSSR count). The van der Waals surface area contributed by atoms with Crippen molar-refractivity contribution < 1.29 is 9.53 Å². The summed E-state index contributed by atoms with van der Waals surface area (Å²) in [4.78, 5) is 41.1. The second kappa shape index (κ2) is 6.47. The average molecular weight is 354 g/mol. The molecule has 0 spiro atoms. The maximum atomic E-state index is 12.7. The van der Waals surface area contributed by atoms with Crippen molar-refractivity contribution in [3.05, 3.63) is 62.4 Å². The number of carbonyl (C=O) groups excluding carboxylic acids is 1. The monoisotopic (exact) mass is 354 g/mol. The van der Waals surface area contributed by atoms with Crippen LogP contribution in [0, 0.1) is 6.92 Å². The van der Waals surface area contributed by atoms with E-state index in [1.54, 1.807) is 44.4 Å². The van der Waals surface area contributed by atoms with Gasteiger partial charge in [-0.25, -0.2) is 14.6 Å². The third-order valence-corrected chi connectivity index (χ3v) is 4.25. The first-order chi connectivity index (χ1) is 12.4. The van der Waals surface area contributed by atoms with Gasteiger partial charge in [0, 0.05) is 20.3 Å². The third kappa shape index (κ3) is 2.65. The zero-order chi connectivity index (χ0) is 19.0. The van der Waals surface area contributed by atoms with E-state index < -0.39 is 17.2 Å². The zero-order valence-corrected chi connectivity index (χ0v) is 14.9. The number of anilines is 2. The highest BCUT2D eigenvalue weighted by Crippen LogP contribution is 2.28. The van der Waals surface area contributed by atoms with Gasteiger partial charge in [-0.3, -0.25) is 13.9 Å². The van der Waals surface area contributed by atoms with Gasteiger partial charge < -0.3 is 10.1 Å². The maximum Gasteiger partial charge on any atom is 0.339 e. The van der Waals surface area contributed by atoms with Crippen LogP contribution in [0.4, 0.5) is 11.4 Å². The molecule has 1 aromatic carbocycles. The Labute approximate surface area is 148 Å². The lowest BCUT2D eigenvalue weighted by Gasteiger charge is -2.16. The van der Waals surface area contributed by atoms with E-state index in [-0.39, 0.29) is 11.0 Å². The smallest absolute Gasteiger partial charge is 0.339 e. The summed E-state index contributed by atoms with van der Waals surface area (Å²) in [7, 11) is 4.27. The van der Waals surface area contributed by atoms with E-state index in [0.29, 0.717) is 22.5 Å². The average Bonchev–Trinajstić information content (AvgIpc) is 2.65. The fourth-order valence-electron chi connectivity index (χ4n) is 2.80. The lowest BCUT2D eigenvalue weighted by Crippen LogP contribution is -2.37. The Balaban J connectivity index is 2.31. The number of nitrogens with one attached hydrogen (secondary N) is 1. The predicted octanol–water partition coefficient (Wildman–Crippen LogP) is 1.47. The fraction of sp³-hybridized carbons (Fsp3) is 0.222. The highest BCUT2D eigenvalue weighted by atomic mass is 16.5. The molecule has 0 fully saturated rings. The van der Waals surface area contributed by atoms with Crippen molar-refractivity contribution in [1.82, 2.24) is 14.1 Å². The second-order valence-corrected chi connectivity index (χ2v) is 5.88. The molecule has 0 radical (unpaired) electrons. The van der Waals surface area contributed by atoms with E-state index >= 15 is 0 Å². The van der Waals surface area contributed by atoms with Crippen LogP contribution in [0.2, 0.25) is 0 Å². The molecule has 0 bridgehead atoms. The summed E-state index contributed by atoms with van der Waals surface area (Å²) in [6.45, 7) is 1.79. The van der Waals surface area contributed by atoms with Gasteiger partial charge in [-0.2, -0.15) is 0 Å². The van der Waals surface area contributed by atoms with E-state index in [4.69, 9.17) is 4.74 Å². The molecule has 1 N–H and O–H groups in total. The number of para-hydroxylation sites is 1. The van der Waals surface area contributed by atoms with Gasteiger partial charge in [0.25, 0.3) is 5.56 Å². The number of aryl methyl sites for hydroxylation is 2. The first-order valence-corrected chi connectivity index (χ1v) is 7.86. The van der Waals surface area contributed by atoms with Crippen LogP contribution in [0.25, 0.3) is 11.0 Å². The summed E-state index contributed by atoms with van der Waals surface area (Å²) < 4.78 is 7.15. The lowest BCUT2D eigenvalue weighted by molar-refractivity contribution is 0.0602. The van der Waals surface area contributed by atoms with Gasteiger partial charge in [-0.1, -0.05) is 12.1 Å². The first-order valence-electron chi connectivity index (χ1n) is 7.86. The van der Waals surface area contributed by atoms with Crippen molar-refractivity contribution >= 4 is 28.4 Å². The van der Waals surface area contributed by atoms with Crippen molar-refractivity contribution in [3.8, 4) is 0 Å². The summed E-state index contributed by atoms with van der Waals surface area (Å²) in [5.41, 5.74) is 1.36. The summed E-state index contributed by atoms with van der Waals surface area (Å²) in [6.07, 6.45) is 1.57. The number of nitrogens with zero attached hydrogens (tertiary/aromatic N) is 3. The minimum absolute atomic E-state index is 0.266. The molecule has 134 valence electrons. The van der Waals surface area contributed by atoms with Crippen LogP contribution in [0.15, 0.2) is 40.1 Å². The SMILES string of the molecule is COC(=O)c1ccccc1Nc1c(C)cnc2c1c(=O)n(C)c(=O)n2C. The first kappa shape index (κ1) is 17.4. The molecule has 26 heavy (non-hydrogen) atoms. The minimum Gasteiger partial charge on any atom is -0.465 e. The molecule has 0 aliphatic rings. The molecule has 0 saturated heterocycles. The number of pyridine rings is 1. The lowest BCUT2D eigenvalue weighted by atomic mass is 10.1. The standard InChI is InChI=1S/C18H18N4O4/c1-10-9-19-15-13(16(23)22(3)18(25)21(15)2)14(10)20-12-8-6-5-7-11(12)17(24)26-4/h5-9H,1-4H3,(H,19,20). The Morgan fingerprint density at radius 2 is 1.85 bits per heavy atom. The second-order valence-electron chi connectivity index (χ2n) is 5.88. The quantitative estimate of drug-likeness (QED) is 0.716. The number of ether oxygens (including phenoxy) is 1. The molecule has 2 aromatic heterocycles. The van der Waals surface area contributed by atoms with Crippen molar-refractivity contribution in [1.29, 1.82) is 0 Å². The molecule has 8 heteroatoms. The van der Waals surface area contributed by atoms with Crippen molar-refractivity contribution in [2.45, 2.75) is 6.92 Å². The van der Waals surface area contributed by atoms with E-state index in [1.807, 2.05) is 0 Å². The number of esters is 1. The van der Waals surface area contributed by atoms with Gasteiger partial charge in [0.15, 0.2) is 5.65 Å². The third-order valence-electron chi connectivity index (χ3n) is 4.25. The number of aromatic nitrogens is 3. The Hall–Kier alpha value is -3.42. The fourth-order valence-corrected chi connectivity index (χ4v) is 2.80. The molecule has 8 nitrogen and oxygen atoms in total. The number of rotatable bonds is 3. The summed E-state index contributed by atoms with van der Waals surface area (Å²) in [5.74, 6) is -0.496. The van der Waals surface area contributed by atoms with Crippen LogP contribution in [0.3, 0.4) is 0 Å². The number of benzene rings is 1. The van der Waals surface area contributed by atoms with Gasteiger partial charge in [0.05, 0.1) is 24.0 Å². The molecule has 0 atom stereocenters. The summed E-state index contributed by atoms with van der Waals surface area (Å²) in [6, 6.07) is 6.82. The van der Waals surface area contributed by atoms with Crippen LogP contribution >= 0.6 is 0 Å². The molecule has 0 amide bonds. The molecular formula is C18H18N4O4. The highest BCUT2D eigenvalue weighted by Gasteiger charge is 2.18. The number of carbonyl (C=O) groups is 1. The van der Waals surface area contributed by atoms with Crippen molar-refractivity contribution in [2.24, 2.45) is 14.1 Å². The molecular weight excluding hydrogens is 336 g/mol. The summed E-state index contributed by atoms with van der Waals surface area (Å²) in [5, 5.41) is 3.42. The van der Waals surface area contributed by atoms with Gasteiger partial charge in [0.2, 0.25) is 0 Å². The summed E-state index contributed by atoms with van der Waals surface area (Å²) >= 11 is 0. The molecule has 3 aromatic rings. The van der Waals surface area contributed by atoms with Gasteiger partial charge in [-0.15, -0.1) is 0 Å². The normalized spacial score (nSPS) is 10.8. The topological polar surface area (TPSA) is 95.2 Å². The van der Waals surface area contributed by atoms with Crippen molar-refractivity contribution in [2.75, 3.05) is 12.4 Å². The Bertz CT molecular complexity index is 1140. The zero-order valence-electron chi connectivity index (χ0n) is 14.9. The Morgan fingerprint density at radius 1 is 1.15 bits per heavy atom. The Kier molecular flexibility index (Phi) is 4.33. The van der Waals surface area contributed by atoms with E-state index in [2.05, 4.69) is 10.3 Å². The number of hydrogen-bond acceptors (Lipinski definition) is 6. The number of methoxy groups -OCH3 is 1. The Morgan fingerprint density at radius 3 is 2.54 bits per heavy atom. The molecule has 0 aliphatic heterocycles. The van der Waals surface area contributed by atoms with Crippen LogP contribution in [-0.2, 0) is 18.8 Å². The number of fused-ring (bicyclic) bond motifs is 1. The predicted molar refractivity (Wildman–Crippen MR) is 98.0 cm³/mol. The van der Waals surface area contributed by atoms with E-state index in [9.17, 15) is 14.4 Å². The number of hydrogen-bond donors (Lipinski definition) is 1. The van der Waals surface area contributed by atoms with Crippen molar-refractivity contribution in [3.63, 3.8) is 0 Å². The highest BCUT2D eigenvalue weighted by molar-refractivity contribution is 5.99. The van der Waals surface area contributed by atoms with Gasteiger partial charge in [0.1, 0.15) is 5.39 Å². The van der Waals surface area contributed by atoms with Gasteiger partial charge >= 0.3 is 11.7 Å². The molecule has 0 saturated carbocycles. The van der Waals surface area contributed by atoms with Gasteiger partial charge in [-0.05, 0) is 24.6 Å². The van der Waals surface area contributed by atoms with Crippen LogP contribution in [0.5, 0.6) is 0 Å². The minimum atomic E-state index is -0.496. The van der Waals surface area contributed by atoms with E-state index in [0.717, 1.165) is 4.57 Å². The van der Waals surface area contributed by atoms with Crippen LogP contribution < -0.4 is 16.6 Å². The van der Waals surface area contributed by atoms with Crippen LogP contribution in [0.1, 0.15) is 15.9 Å². The molecule has 0 aliphatic carbocycles. The largest absolute Gasteiger partial charge is 0.465 e. The molecule has 2 heterocycles. The van der Waals surface area contributed by atoms with E-state index in [1.165, 1.54) is 18.7 Å². The maximum absolute atomic E-state index is 12.7. The molecule has 0 unspecified atom stereocenters. The van der Waals surface area contributed by atoms with Crippen LogP contribution in [-0.4, -0.2) is 27.2 Å².